The van der Waals surface area contributed by atoms with E-state index < -0.39 is 10.1 Å². The van der Waals surface area contributed by atoms with Crippen LogP contribution in [0.4, 0.5) is 0 Å². The monoisotopic (exact) mass is 442 g/mol. The summed E-state index contributed by atoms with van der Waals surface area (Å²) < 4.78 is 31.0. The molecule has 0 atom stereocenters. The van der Waals surface area contributed by atoms with E-state index in [1.165, 1.54) is 25.7 Å². The molecule has 0 bridgehead atoms. The van der Waals surface area contributed by atoms with Crippen LogP contribution in [-0.2, 0) is 14.3 Å². The summed E-state index contributed by atoms with van der Waals surface area (Å²) in [5.74, 6) is 0. The van der Waals surface area contributed by atoms with Crippen LogP contribution in [0.2, 0.25) is 0 Å². The maximum Gasteiger partial charge on any atom is 0.297 e. The Bertz CT molecular complexity index is 705. The van der Waals surface area contributed by atoms with Crippen LogP contribution < -0.4 is 0 Å². The van der Waals surface area contributed by atoms with Gasteiger partial charge in [0.2, 0.25) is 0 Å². The van der Waals surface area contributed by atoms with Crippen LogP contribution in [0.5, 0.6) is 0 Å². The summed E-state index contributed by atoms with van der Waals surface area (Å²) in [6.07, 6.45) is 6.97. The summed E-state index contributed by atoms with van der Waals surface area (Å²) in [5, 5.41) is 0. The Morgan fingerprint density at radius 2 is 1.42 bits per heavy atom. The zero-order valence-electron chi connectivity index (χ0n) is 15.0. The Balaban J connectivity index is 1.23. The highest BCUT2D eigenvalue weighted by atomic mass is 79.9. The smallest absolute Gasteiger partial charge is 0.297 e. The minimum atomic E-state index is -3.66. The number of hydrogen-bond acceptors (Lipinski definition) is 5. The molecule has 2 saturated carbocycles. The van der Waals surface area contributed by atoms with Crippen LogP contribution in [0, 0.1) is 0 Å². The van der Waals surface area contributed by atoms with E-state index in [0.29, 0.717) is 6.04 Å². The van der Waals surface area contributed by atoms with Crippen LogP contribution in [-0.4, -0.2) is 62.6 Å². The molecule has 1 heterocycles. The Labute approximate surface area is 164 Å². The van der Waals surface area contributed by atoms with E-state index >= 15 is 0 Å². The second-order valence-electron chi connectivity index (χ2n) is 7.76. The van der Waals surface area contributed by atoms with Crippen LogP contribution in [0.1, 0.15) is 38.5 Å². The van der Waals surface area contributed by atoms with Gasteiger partial charge in [-0.1, -0.05) is 28.8 Å². The SMILES string of the molecule is O=S(=O)(O[C@H]1C[C@@H](N2CCN(C3CCCC3)CC2)C1)c1ccc(Br)cc1. The van der Waals surface area contributed by atoms with Gasteiger partial charge in [-0.25, -0.2) is 0 Å². The van der Waals surface area contributed by atoms with Crippen molar-refractivity contribution in [2.45, 2.75) is 61.6 Å². The third-order valence-corrected chi connectivity index (χ3v) is 8.05. The Morgan fingerprint density at radius 3 is 2.00 bits per heavy atom. The van der Waals surface area contributed by atoms with Crippen LogP contribution in [0.3, 0.4) is 0 Å². The van der Waals surface area contributed by atoms with E-state index in [1.807, 2.05) is 0 Å². The molecule has 144 valence electrons. The number of benzene rings is 1. The molecule has 3 aliphatic rings. The molecular weight excluding hydrogens is 416 g/mol. The molecule has 0 radical (unpaired) electrons. The molecule has 0 spiro atoms. The average Bonchev–Trinajstić information content (AvgIpc) is 3.13. The minimum absolute atomic E-state index is 0.179. The van der Waals surface area contributed by atoms with Gasteiger partial charge < -0.3 is 0 Å². The first kappa shape index (κ1) is 18.9. The molecule has 2 aliphatic carbocycles. The summed E-state index contributed by atoms with van der Waals surface area (Å²) in [5.41, 5.74) is 0. The Hall–Kier alpha value is -0.470. The summed E-state index contributed by atoms with van der Waals surface area (Å²) >= 11 is 3.32. The lowest BCUT2D eigenvalue weighted by Gasteiger charge is -2.46. The van der Waals surface area contributed by atoms with Crippen molar-refractivity contribution in [3.8, 4) is 0 Å². The summed E-state index contributed by atoms with van der Waals surface area (Å²) in [6, 6.07) is 7.90. The molecule has 5 nitrogen and oxygen atoms in total. The average molecular weight is 443 g/mol. The first-order valence-corrected chi connectivity index (χ1v) is 11.9. The van der Waals surface area contributed by atoms with Gasteiger partial charge in [0.25, 0.3) is 10.1 Å². The molecule has 1 saturated heterocycles. The van der Waals surface area contributed by atoms with Gasteiger partial charge in [-0.05, 0) is 49.9 Å². The van der Waals surface area contributed by atoms with Gasteiger partial charge in [-0.15, -0.1) is 0 Å². The number of nitrogens with zero attached hydrogens (tertiary/aromatic N) is 2. The molecule has 0 amide bonds. The fraction of sp³-hybridized carbons (Fsp3) is 0.684. The first-order valence-electron chi connectivity index (χ1n) is 9.68. The summed E-state index contributed by atoms with van der Waals surface area (Å²) in [4.78, 5) is 5.42. The normalized spacial score (nSPS) is 29.0. The van der Waals surface area contributed by atoms with Crippen molar-refractivity contribution < 1.29 is 12.6 Å². The van der Waals surface area contributed by atoms with Crippen molar-refractivity contribution >= 4 is 26.0 Å². The standard InChI is InChI=1S/C19H27BrN2O3S/c20-15-5-7-19(8-6-15)26(23,24)25-18-13-17(14-18)22-11-9-21(10-12-22)16-3-1-2-4-16/h5-8,16-18H,1-4,9-14H2/t17-,18+. The van der Waals surface area contributed by atoms with Gasteiger partial charge in [0.1, 0.15) is 0 Å². The molecule has 1 aromatic carbocycles. The van der Waals surface area contributed by atoms with E-state index in [-0.39, 0.29) is 11.0 Å². The third kappa shape index (κ3) is 4.17. The van der Waals surface area contributed by atoms with Gasteiger partial charge >= 0.3 is 0 Å². The summed E-state index contributed by atoms with van der Waals surface area (Å²) in [7, 11) is -3.66. The topological polar surface area (TPSA) is 49.9 Å². The lowest BCUT2D eigenvalue weighted by Crippen LogP contribution is -2.57. The van der Waals surface area contributed by atoms with Gasteiger partial charge in [-0.3, -0.25) is 14.0 Å². The molecular formula is C19H27BrN2O3S. The highest BCUT2D eigenvalue weighted by Gasteiger charge is 2.39. The van der Waals surface area contributed by atoms with E-state index in [2.05, 4.69) is 25.7 Å². The van der Waals surface area contributed by atoms with Crippen LogP contribution >= 0.6 is 15.9 Å². The lowest BCUT2D eigenvalue weighted by atomic mass is 9.87. The fourth-order valence-electron chi connectivity index (χ4n) is 4.49. The predicted octanol–water partition coefficient (Wildman–Crippen LogP) is 3.25. The minimum Gasteiger partial charge on any atom is -0.298 e. The number of rotatable bonds is 5. The number of halogens is 1. The molecule has 0 N–H and O–H groups in total. The second-order valence-corrected chi connectivity index (χ2v) is 10.2. The molecule has 1 aliphatic heterocycles. The lowest BCUT2D eigenvalue weighted by molar-refractivity contribution is -0.00959. The highest BCUT2D eigenvalue weighted by molar-refractivity contribution is 9.10. The molecule has 0 aromatic heterocycles. The van der Waals surface area contributed by atoms with Crippen molar-refractivity contribution in [1.82, 2.24) is 9.80 Å². The summed E-state index contributed by atoms with van der Waals surface area (Å²) in [6.45, 7) is 4.52. The zero-order valence-corrected chi connectivity index (χ0v) is 17.4. The van der Waals surface area contributed by atoms with Gasteiger partial charge in [-0.2, -0.15) is 8.42 Å². The Kier molecular flexibility index (Phi) is 5.72. The van der Waals surface area contributed by atoms with Gasteiger partial charge in [0, 0.05) is 42.7 Å². The van der Waals surface area contributed by atoms with Crippen molar-refractivity contribution in [3.05, 3.63) is 28.7 Å². The zero-order chi connectivity index (χ0) is 18.1. The molecule has 26 heavy (non-hydrogen) atoms. The molecule has 0 unspecified atom stereocenters. The van der Waals surface area contributed by atoms with Crippen LogP contribution in [0.25, 0.3) is 0 Å². The van der Waals surface area contributed by atoms with Gasteiger partial charge in [0.05, 0.1) is 11.0 Å². The number of hydrogen-bond donors (Lipinski definition) is 0. The molecule has 1 aromatic rings. The molecule has 7 heteroatoms. The third-order valence-electron chi connectivity index (χ3n) is 6.14. The maximum atomic E-state index is 12.4. The van der Waals surface area contributed by atoms with Crippen molar-refractivity contribution in [3.63, 3.8) is 0 Å². The van der Waals surface area contributed by atoms with Gasteiger partial charge in [0.15, 0.2) is 0 Å². The first-order chi connectivity index (χ1) is 12.5. The fourth-order valence-corrected chi connectivity index (χ4v) is 5.85. The predicted molar refractivity (Wildman–Crippen MR) is 105 cm³/mol. The van der Waals surface area contributed by atoms with E-state index in [9.17, 15) is 8.42 Å². The van der Waals surface area contributed by atoms with Crippen molar-refractivity contribution in [2.24, 2.45) is 0 Å². The van der Waals surface area contributed by atoms with E-state index in [1.54, 1.807) is 24.3 Å². The highest BCUT2D eigenvalue weighted by Crippen LogP contribution is 2.33. The van der Waals surface area contributed by atoms with E-state index in [0.717, 1.165) is 49.5 Å². The largest absolute Gasteiger partial charge is 0.298 e. The number of piperazine rings is 1. The van der Waals surface area contributed by atoms with Crippen molar-refractivity contribution in [2.75, 3.05) is 26.2 Å². The van der Waals surface area contributed by atoms with Crippen molar-refractivity contribution in [1.29, 1.82) is 0 Å². The molecule has 4 rings (SSSR count). The van der Waals surface area contributed by atoms with E-state index in [4.69, 9.17) is 4.18 Å². The quantitative estimate of drug-likeness (QED) is 0.654. The Morgan fingerprint density at radius 1 is 0.885 bits per heavy atom. The second kappa shape index (κ2) is 7.87. The molecule has 3 fully saturated rings. The maximum absolute atomic E-state index is 12.4. The van der Waals surface area contributed by atoms with Crippen LogP contribution in [0.15, 0.2) is 33.6 Å².